The largest absolute Gasteiger partial charge is 0.493 e. The fourth-order valence-electron chi connectivity index (χ4n) is 3.94. The van der Waals surface area contributed by atoms with Crippen LogP contribution in [0.4, 0.5) is 13.2 Å². The molecule has 1 aliphatic heterocycles. The minimum atomic E-state index is -4.43. The molecule has 1 aliphatic rings. The fourth-order valence-corrected chi connectivity index (χ4v) is 3.94. The van der Waals surface area contributed by atoms with Crippen molar-refractivity contribution >= 4 is 11.8 Å². The number of carbonyl (C=O) groups is 2. The first kappa shape index (κ1) is 24.6. The maximum Gasteiger partial charge on any atom is 0.416 e. The molecule has 0 N–H and O–H groups in total. The van der Waals surface area contributed by atoms with Crippen molar-refractivity contribution in [3.05, 3.63) is 65.2 Å². The number of rotatable bonds is 7. The Bertz CT molecular complexity index is 952. The molecule has 2 amide bonds. The van der Waals surface area contributed by atoms with E-state index >= 15 is 0 Å². The van der Waals surface area contributed by atoms with Crippen molar-refractivity contribution in [2.45, 2.75) is 32.4 Å². The predicted octanol–water partition coefficient (Wildman–Crippen LogP) is 4.79. The molecule has 5 nitrogen and oxygen atoms in total. The third-order valence-corrected chi connectivity index (χ3v) is 5.96. The molecular formula is C25H29F3N2O3. The van der Waals surface area contributed by atoms with Crippen LogP contribution in [0, 0.1) is 12.8 Å². The van der Waals surface area contributed by atoms with Crippen LogP contribution in [-0.4, -0.2) is 54.9 Å². The first-order valence-electron chi connectivity index (χ1n) is 11.1. The van der Waals surface area contributed by atoms with Gasteiger partial charge >= 0.3 is 6.18 Å². The molecule has 0 aliphatic carbocycles. The fraction of sp³-hybridized carbons (Fsp3) is 0.440. The van der Waals surface area contributed by atoms with E-state index < -0.39 is 11.7 Å². The second-order valence-electron chi connectivity index (χ2n) is 8.37. The Hall–Kier alpha value is -3.03. The van der Waals surface area contributed by atoms with Crippen molar-refractivity contribution in [3.8, 4) is 5.75 Å². The van der Waals surface area contributed by atoms with Crippen LogP contribution in [0.15, 0.2) is 48.5 Å². The number of aryl methyl sites for hydroxylation is 1. The van der Waals surface area contributed by atoms with Crippen LogP contribution in [0.3, 0.4) is 0 Å². The van der Waals surface area contributed by atoms with Crippen LogP contribution in [-0.2, 0) is 11.0 Å². The second-order valence-corrected chi connectivity index (χ2v) is 8.37. The Labute approximate surface area is 192 Å². The third kappa shape index (κ3) is 6.49. The predicted molar refractivity (Wildman–Crippen MR) is 119 cm³/mol. The van der Waals surface area contributed by atoms with Crippen molar-refractivity contribution < 1.29 is 27.5 Å². The number of hydrogen-bond donors (Lipinski definition) is 0. The van der Waals surface area contributed by atoms with Crippen LogP contribution in [0.1, 0.15) is 40.7 Å². The Morgan fingerprint density at radius 3 is 2.30 bits per heavy atom. The average molecular weight is 463 g/mol. The average Bonchev–Trinajstić information content (AvgIpc) is 2.81. The number of piperidine rings is 1. The molecule has 1 heterocycles. The lowest BCUT2D eigenvalue weighted by Crippen LogP contribution is -2.43. The topological polar surface area (TPSA) is 49.9 Å². The highest BCUT2D eigenvalue weighted by Crippen LogP contribution is 2.29. The summed E-state index contributed by atoms with van der Waals surface area (Å²) in [6.07, 6.45) is -2.65. The number of halogens is 3. The highest BCUT2D eigenvalue weighted by atomic mass is 19.4. The van der Waals surface area contributed by atoms with Gasteiger partial charge in [0.25, 0.3) is 5.91 Å². The zero-order chi connectivity index (χ0) is 24.0. The Morgan fingerprint density at radius 2 is 1.70 bits per heavy atom. The van der Waals surface area contributed by atoms with Gasteiger partial charge in [-0.25, -0.2) is 0 Å². The first-order valence-corrected chi connectivity index (χ1v) is 11.1. The minimum Gasteiger partial charge on any atom is -0.493 e. The summed E-state index contributed by atoms with van der Waals surface area (Å²) in [6, 6.07) is 12.0. The van der Waals surface area contributed by atoms with Gasteiger partial charge in [0, 0.05) is 38.2 Å². The van der Waals surface area contributed by atoms with Crippen molar-refractivity contribution in [1.82, 2.24) is 9.80 Å². The van der Waals surface area contributed by atoms with Crippen LogP contribution in [0.2, 0.25) is 0 Å². The van der Waals surface area contributed by atoms with E-state index in [9.17, 15) is 22.8 Å². The SMILES string of the molecule is Cc1ccccc1OCCCN(C)C(=O)C1CCN(C(=O)c2ccc(C(F)(F)F)cc2)CC1. The lowest BCUT2D eigenvalue weighted by Gasteiger charge is -2.33. The number of benzene rings is 2. The molecule has 178 valence electrons. The summed E-state index contributed by atoms with van der Waals surface area (Å²) in [7, 11) is 1.77. The molecule has 0 saturated carbocycles. The summed E-state index contributed by atoms with van der Waals surface area (Å²) in [5.41, 5.74) is 0.508. The number of likely N-dealkylation sites (tertiary alicyclic amines) is 1. The maximum absolute atomic E-state index is 12.8. The van der Waals surface area contributed by atoms with Gasteiger partial charge in [0.05, 0.1) is 12.2 Å². The van der Waals surface area contributed by atoms with E-state index in [-0.39, 0.29) is 23.3 Å². The number of amides is 2. The van der Waals surface area contributed by atoms with Crippen LogP contribution < -0.4 is 4.74 Å². The second kappa shape index (κ2) is 10.7. The first-order chi connectivity index (χ1) is 15.7. The Balaban J connectivity index is 1.42. The highest BCUT2D eigenvalue weighted by Gasteiger charge is 2.32. The number of hydrogen-bond acceptors (Lipinski definition) is 3. The molecule has 0 aromatic heterocycles. The van der Waals surface area contributed by atoms with E-state index in [0.717, 1.165) is 23.4 Å². The van der Waals surface area contributed by atoms with Gasteiger partial charge in [0.2, 0.25) is 5.91 Å². The van der Waals surface area contributed by atoms with Crippen LogP contribution >= 0.6 is 0 Å². The summed E-state index contributed by atoms with van der Waals surface area (Å²) < 4.78 is 43.9. The molecule has 0 unspecified atom stereocenters. The zero-order valence-electron chi connectivity index (χ0n) is 18.9. The van der Waals surface area contributed by atoms with Crippen molar-refractivity contribution in [2.24, 2.45) is 5.92 Å². The zero-order valence-corrected chi connectivity index (χ0v) is 18.9. The molecule has 0 spiro atoms. The number of ether oxygens (including phenoxy) is 1. The van der Waals surface area contributed by atoms with E-state index in [4.69, 9.17) is 4.74 Å². The summed E-state index contributed by atoms with van der Waals surface area (Å²) >= 11 is 0. The molecule has 8 heteroatoms. The van der Waals surface area contributed by atoms with Gasteiger partial charge in [-0.1, -0.05) is 18.2 Å². The van der Waals surface area contributed by atoms with E-state index in [1.54, 1.807) is 16.8 Å². The smallest absolute Gasteiger partial charge is 0.416 e. The summed E-state index contributed by atoms with van der Waals surface area (Å²) in [4.78, 5) is 28.7. The molecule has 33 heavy (non-hydrogen) atoms. The maximum atomic E-state index is 12.8. The standard InChI is InChI=1S/C25H29F3N2O3/c1-18-6-3-4-7-22(18)33-17-5-14-29(2)23(31)20-12-15-30(16-13-20)24(32)19-8-10-21(11-9-19)25(26,27)28/h3-4,6-11,20H,5,12-17H2,1-2H3. The lowest BCUT2D eigenvalue weighted by atomic mass is 9.94. The minimum absolute atomic E-state index is 0.0486. The highest BCUT2D eigenvalue weighted by molar-refractivity contribution is 5.94. The molecule has 2 aromatic rings. The van der Waals surface area contributed by atoms with E-state index in [1.807, 2.05) is 31.2 Å². The van der Waals surface area contributed by atoms with Crippen molar-refractivity contribution in [2.75, 3.05) is 33.3 Å². The molecule has 0 atom stereocenters. The van der Waals surface area contributed by atoms with Gasteiger partial charge in [-0.15, -0.1) is 0 Å². The van der Waals surface area contributed by atoms with E-state index in [2.05, 4.69) is 0 Å². The Morgan fingerprint density at radius 1 is 1.06 bits per heavy atom. The van der Waals surface area contributed by atoms with Crippen LogP contribution in [0.5, 0.6) is 5.75 Å². The summed E-state index contributed by atoms with van der Waals surface area (Å²) in [6.45, 7) is 3.89. The molecule has 0 radical (unpaired) electrons. The molecule has 2 aromatic carbocycles. The van der Waals surface area contributed by atoms with Gasteiger partial charge in [-0.05, 0) is 62.1 Å². The third-order valence-electron chi connectivity index (χ3n) is 5.96. The van der Waals surface area contributed by atoms with Gasteiger partial charge in [-0.2, -0.15) is 13.2 Å². The van der Waals surface area contributed by atoms with Gasteiger partial charge < -0.3 is 14.5 Å². The molecule has 3 rings (SSSR count). The van der Waals surface area contributed by atoms with Crippen LogP contribution in [0.25, 0.3) is 0 Å². The van der Waals surface area contributed by atoms with Gasteiger partial charge in [-0.3, -0.25) is 9.59 Å². The Kier molecular flexibility index (Phi) is 8.00. The number of para-hydroxylation sites is 1. The molecule has 1 saturated heterocycles. The molecular weight excluding hydrogens is 433 g/mol. The number of alkyl halides is 3. The summed E-state index contributed by atoms with van der Waals surface area (Å²) in [5, 5.41) is 0. The molecule has 1 fully saturated rings. The van der Waals surface area contributed by atoms with Gasteiger partial charge in [0.1, 0.15) is 5.75 Å². The van der Waals surface area contributed by atoms with Crippen molar-refractivity contribution in [3.63, 3.8) is 0 Å². The quantitative estimate of drug-likeness (QED) is 0.556. The summed E-state index contributed by atoms with van der Waals surface area (Å²) in [5.74, 6) is 0.421. The number of carbonyl (C=O) groups excluding carboxylic acids is 2. The van der Waals surface area contributed by atoms with Crippen molar-refractivity contribution in [1.29, 1.82) is 0 Å². The molecule has 0 bridgehead atoms. The number of nitrogens with zero attached hydrogens (tertiary/aromatic N) is 2. The lowest BCUT2D eigenvalue weighted by molar-refractivity contribution is -0.137. The normalized spacial score (nSPS) is 14.8. The van der Waals surface area contributed by atoms with Gasteiger partial charge in [0.15, 0.2) is 0 Å². The monoisotopic (exact) mass is 462 g/mol. The van der Waals surface area contributed by atoms with E-state index in [0.29, 0.717) is 45.5 Å². The van der Waals surface area contributed by atoms with E-state index in [1.165, 1.54) is 12.1 Å².